The van der Waals surface area contributed by atoms with E-state index in [9.17, 15) is 13.5 Å². The van der Waals surface area contributed by atoms with Gasteiger partial charge in [0.15, 0.2) is 12.1 Å². The Hall–Kier alpha value is -3.13. The molecule has 0 spiro atoms. The number of hydrogen-bond donors (Lipinski definition) is 2. The van der Waals surface area contributed by atoms with E-state index in [1.165, 1.54) is 18.8 Å². The highest BCUT2D eigenvalue weighted by atomic mass is 32.2. The van der Waals surface area contributed by atoms with E-state index in [2.05, 4.69) is 14.9 Å². The van der Waals surface area contributed by atoms with Crippen LogP contribution in [0.1, 0.15) is 19.1 Å². The van der Waals surface area contributed by atoms with Gasteiger partial charge < -0.3 is 19.0 Å². The van der Waals surface area contributed by atoms with Gasteiger partial charge in [-0.15, -0.1) is 10.2 Å². The molecule has 12 nitrogen and oxygen atoms in total. The number of aliphatic hydroxyl groups is 1. The third kappa shape index (κ3) is 5.19. The summed E-state index contributed by atoms with van der Waals surface area (Å²) in [6.45, 7) is 4.64. The van der Waals surface area contributed by atoms with Gasteiger partial charge in [-0.3, -0.25) is 19.1 Å². The Balaban J connectivity index is 1.71. The summed E-state index contributed by atoms with van der Waals surface area (Å²) in [7, 11) is 0.925. The van der Waals surface area contributed by atoms with E-state index in [0.29, 0.717) is 28.7 Å². The molecular formula is C23H32N6O6S. The van der Waals surface area contributed by atoms with Crippen molar-refractivity contribution in [1.29, 1.82) is 0 Å². The van der Waals surface area contributed by atoms with Crippen molar-refractivity contribution in [2.75, 3.05) is 44.8 Å². The fourth-order valence-electron chi connectivity index (χ4n) is 4.23. The number of furan rings is 1. The predicted molar refractivity (Wildman–Crippen MR) is 134 cm³/mol. The molecule has 1 unspecified atom stereocenters. The van der Waals surface area contributed by atoms with Crippen molar-refractivity contribution in [3.63, 3.8) is 0 Å². The number of aliphatic hydroxyl groups excluding tert-OH is 1. The summed E-state index contributed by atoms with van der Waals surface area (Å²) in [5.41, 5.74) is 0.413. The molecule has 0 bridgehead atoms. The summed E-state index contributed by atoms with van der Waals surface area (Å²) in [5.74, 6) is 1.86. The van der Waals surface area contributed by atoms with Gasteiger partial charge in [0.1, 0.15) is 22.9 Å². The Morgan fingerprint density at radius 2 is 1.86 bits per heavy atom. The minimum atomic E-state index is -3.89. The van der Waals surface area contributed by atoms with Crippen LogP contribution in [0.4, 0.5) is 5.95 Å². The molecule has 0 aliphatic carbocycles. The second-order valence-electron chi connectivity index (χ2n) is 8.73. The lowest BCUT2D eigenvalue weighted by Gasteiger charge is -2.42. The maximum Gasteiger partial charge on any atom is 0.243 e. The van der Waals surface area contributed by atoms with Crippen molar-refractivity contribution in [2.45, 2.75) is 32.7 Å². The Morgan fingerprint density at radius 3 is 2.47 bits per heavy atom. The third-order valence-electron chi connectivity index (χ3n) is 6.27. The summed E-state index contributed by atoms with van der Waals surface area (Å²) in [5, 5.41) is 18.9. The van der Waals surface area contributed by atoms with Crippen molar-refractivity contribution in [1.82, 2.24) is 24.6 Å². The van der Waals surface area contributed by atoms with Gasteiger partial charge in [0.2, 0.25) is 21.8 Å². The number of nitrogens with zero attached hydrogens (tertiary/aromatic N) is 5. The molecule has 3 heterocycles. The zero-order chi connectivity index (χ0) is 26.0. The molecule has 1 saturated heterocycles. The fourth-order valence-corrected chi connectivity index (χ4v) is 5.20. The largest absolute Gasteiger partial charge is 0.494 e. The van der Waals surface area contributed by atoms with E-state index < -0.39 is 16.4 Å². The molecule has 2 atom stereocenters. The number of benzene rings is 1. The van der Waals surface area contributed by atoms with Gasteiger partial charge in [-0.05, 0) is 51.6 Å². The van der Waals surface area contributed by atoms with E-state index in [4.69, 9.17) is 13.9 Å². The smallest absolute Gasteiger partial charge is 0.243 e. The van der Waals surface area contributed by atoms with Gasteiger partial charge in [-0.25, -0.2) is 8.42 Å². The molecule has 1 fully saturated rings. The van der Waals surface area contributed by atoms with Crippen LogP contribution in [0.3, 0.4) is 0 Å². The molecule has 0 amide bonds. The molecule has 2 aromatic heterocycles. The minimum Gasteiger partial charge on any atom is -0.494 e. The van der Waals surface area contributed by atoms with Crippen LogP contribution in [0.5, 0.6) is 11.5 Å². The lowest BCUT2D eigenvalue weighted by Crippen LogP contribution is -2.57. The number of sulfonamides is 1. The second kappa shape index (κ2) is 10.5. The molecule has 4 rings (SSSR count). The number of nitrogens with one attached hydrogen (secondary N) is 1. The Labute approximate surface area is 210 Å². The number of methoxy groups -OCH3 is 2. The van der Waals surface area contributed by atoms with Crippen molar-refractivity contribution < 1.29 is 27.4 Å². The van der Waals surface area contributed by atoms with Gasteiger partial charge in [-0.1, -0.05) is 6.07 Å². The van der Waals surface area contributed by atoms with Crippen molar-refractivity contribution in [3.05, 3.63) is 36.1 Å². The van der Waals surface area contributed by atoms with E-state index in [1.807, 2.05) is 6.92 Å². The number of hydrogen-bond acceptors (Lipinski definition) is 10. The van der Waals surface area contributed by atoms with Crippen LogP contribution in [-0.2, 0) is 10.0 Å². The maximum absolute atomic E-state index is 13.2. The first kappa shape index (κ1) is 25.9. The Morgan fingerprint density at radius 1 is 1.17 bits per heavy atom. The van der Waals surface area contributed by atoms with E-state index in [0.717, 1.165) is 13.0 Å². The van der Waals surface area contributed by atoms with Gasteiger partial charge in [-0.2, -0.15) is 0 Å². The SMILES string of the molecule is COc1cccc(OC)c1-n1c(NS(=O)(=O)CCN2C(O)N(C)CC[C@@H]2C)nnc1-c1ccc(C)o1. The van der Waals surface area contributed by atoms with Crippen LogP contribution in [-0.4, -0.2) is 90.6 Å². The molecular weight excluding hydrogens is 488 g/mol. The molecule has 36 heavy (non-hydrogen) atoms. The number of ether oxygens (including phenoxy) is 2. The minimum absolute atomic E-state index is 0.0432. The highest BCUT2D eigenvalue weighted by Gasteiger charge is 2.32. The van der Waals surface area contributed by atoms with Crippen LogP contribution in [0.2, 0.25) is 0 Å². The van der Waals surface area contributed by atoms with Gasteiger partial charge in [0, 0.05) is 19.1 Å². The van der Waals surface area contributed by atoms with Gasteiger partial charge in [0.05, 0.1) is 20.0 Å². The number of rotatable bonds is 9. The monoisotopic (exact) mass is 520 g/mol. The molecule has 1 aliphatic heterocycles. The number of aromatic nitrogens is 3. The third-order valence-corrected chi connectivity index (χ3v) is 7.48. The number of aryl methyl sites for hydroxylation is 1. The molecule has 0 radical (unpaired) electrons. The van der Waals surface area contributed by atoms with Crippen molar-refractivity contribution in [2.24, 2.45) is 0 Å². The summed E-state index contributed by atoms with van der Waals surface area (Å²) in [4.78, 5) is 3.54. The molecule has 0 saturated carbocycles. The maximum atomic E-state index is 13.2. The lowest BCUT2D eigenvalue weighted by molar-refractivity contribution is -0.141. The first-order chi connectivity index (χ1) is 17.1. The number of para-hydroxylation sites is 1. The second-order valence-corrected chi connectivity index (χ2v) is 10.6. The fraction of sp³-hybridized carbons (Fsp3) is 0.478. The molecule has 1 aliphatic rings. The lowest BCUT2D eigenvalue weighted by atomic mass is 10.1. The summed E-state index contributed by atoms with van der Waals surface area (Å²) in [6, 6.07) is 8.76. The van der Waals surface area contributed by atoms with Crippen LogP contribution in [0.15, 0.2) is 34.7 Å². The zero-order valence-corrected chi connectivity index (χ0v) is 21.8. The van der Waals surface area contributed by atoms with Crippen LogP contribution < -0.4 is 14.2 Å². The molecule has 13 heteroatoms. The topological polar surface area (TPSA) is 135 Å². The summed E-state index contributed by atoms with van der Waals surface area (Å²) >= 11 is 0. The van der Waals surface area contributed by atoms with Gasteiger partial charge in [0.25, 0.3) is 0 Å². The predicted octanol–water partition coefficient (Wildman–Crippen LogP) is 1.90. The van der Waals surface area contributed by atoms with E-state index >= 15 is 0 Å². The van der Waals surface area contributed by atoms with Crippen LogP contribution >= 0.6 is 0 Å². The normalized spacial score (nSPS) is 19.4. The highest BCUT2D eigenvalue weighted by molar-refractivity contribution is 7.92. The average Bonchev–Trinajstić information content (AvgIpc) is 3.46. The van der Waals surface area contributed by atoms with E-state index in [-0.39, 0.29) is 30.1 Å². The van der Waals surface area contributed by atoms with E-state index in [1.54, 1.807) is 54.1 Å². The molecule has 3 aromatic rings. The number of anilines is 1. The Bertz CT molecular complexity index is 1280. The van der Waals surface area contributed by atoms with Crippen LogP contribution in [0.25, 0.3) is 17.3 Å². The van der Waals surface area contributed by atoms with Gasteiger partial charge >= 0.3 is 0 Å². The summed E-state index contributed by atoms with van der Waals surface area (Å²) in [6.07, 6.45) is -0.0197. The average molecular weight is 521 g/mol. The molecule has 1 aromatic carbocycles. The van der Waals surface area contributed by atoms with Crippen molar-refractivity contribution >= 4 is 16.0 Å². The molecule has 196 valence electrons. The first-order valence-electron chi connectivity index (χ1n) is 11.5. The summed E-state index contributed by atoms with van der Waals surface area (Å²) < 4.78 is 47.3. The quantitative estimate of drug-likeness (QED) is 0.431. The van der Waals surface area contributed by atoms with Crippen LogP contribution in [0, 0.1) is 6.92 Å². The zero-order valence-electron chi connectivity index (χ0n) is 21.0. The van der Waals surface area contributed by atoms with Crippen molar-refractivity contribution in [3.8, 4) is 28.8 Å². The first-order valence-corrected chi connectivity index (χ1v) is 13.2. The molecule has 2 N–H and O–H groups in total. The Kier molecular flexibility index (Phi) is 7.54. The highest BCUT2D eigenvalue weighted by Crippen LogP contribution is 2.38. The standard InChI is InChI=1S/C23H32N6O6S/c1-15-11-12-27(3)23(30)28(15)13-14-36(31,32)26-22-25-24-21(19-10-9-16(2)35-19)29(22)20-17(33-4)7-6-8-18(20)34-5/h6-10,15,23,30H,11-14H2,1-5H3,(H,25,26)/t15-,23?/m0/s1.